The maximum Gasteiger partial charge on any atom is 0.373 e. The van der Waals surface area contributed by atoms with Crippen LogP contribution in [-0.2, 0) is 9.53 Å². The number of halogens is 7. The minimum atomic E-state index is -2.99. The Bertz CT molecular complexity index is 703. The first-order valence-electron chi connectivity index (χ1n) is 7.52. The molecule has 0 N–H and O–H groups in total. The lowest BCUT2D eigenvalue weighted by atomic mass is 10.1. The van der Waals surface area contributed by atoms with E-state index in [2.05, 4.69) is 52.5 Å². The smallest absolute Gasteiger partial charge is 0.373 e. The quantitative estimate of drug-likeness (QED) is 0.219. The lowest BCUT2D eigenvalue weighted by Gasteiger charge is -1.98. The average molecular weight is 595 g/mol. The van der Waals surface area contributed by atoms with Crippen LogP contribution in [0.4, 0.5) is 17.6 Å². The monoisotopic (exact) mass is 592 g/mol. The molecule has 0 saturated heterocycles. The van der Waals surface area contributed by atoms with Crippen molar-refractivity contribution in [3.05, 3.63) is 67.5 Å². The van der Waals surface area contributed by atoms with Crippen molar-refractivity contribution in [3.8, 4) is 0 Å². The summed E-state index contributed by atoms with van der Waals surface area (Å²) in [5.74, 6) is -2.59. The maximum atomic E-state index is 11.9. The van der Waals surface area contributed by atoms with Gasteiger partial charge in [0.2, 0.25) is 5.78 Å². The maximum absolute atomic E-state index is 11.9. The van der Waals surface area contributed by atoms with Gasteiger partial charge in [-0.3, -0.25) is 4.79 Å². The molecule has 0 amide bonds. The van der Waals surface area contributed by atoms with Crippen LogP contribution in [0.15, 0.2) is 61.9 Å². The number of carbonyl (C=O) groups is 2. The van der Waals surface area contributed by atoms with Crippen LogP contribution >= 0.6 is 47.8 Å². The SMILES string of the molecule is Brc1ccc(Br)cc1.CCOC(=O)C(F)F.O=C(c1ccc(Br)cc1)C(F)F. The predicted molar refractivity (Wildman–Crippen MR) is 109 cm³/mol. The fourth-order valence-corrected chi connectivity index (χ4v) is 2.17. The Morgan fingerprint density at radius 2 is 1.14 bits per heavy atom. The Morgan fingerprint density at radius 1 is 0.786 bits per heavy atom. The van der Waals surface area contributed by atoms with Gasteiger partial charge in [-0.25, -0.2) is 13.6 Å². The summed E-state index contributed by atoms with van der Waals surface area (Å²) in [6.45, 7) is 1.48. The summed E-state index contributed by atoms with van der Waals surface area (Å²) < 4.78 is 52.9. The van der Waals surface area contributed by atoms with Gasteiger partial charge in [-0.15, -0.1) is 0 Å². The van der Waals surface area contributed by atoms with Gasteiger partial charge < -0.3 is 4.74 Å². The van der Waals surface area contributed by atoms with Crippen molar-refractivity contribution in [3.63, 3.8) is 0 Å². The summed E-state index contributed by atoms with van der Waals surface area (Å²) in [6, 6.07) is 13.8. The van der Waals surface area contributed by atoms with E-state index in [4.69, 9.17) is 0 Å². The molecule has 2 rings (SSSR count). The molecule has 3 nitrogen and oxygen atoms in total. The first kappa shape index (κ1) is 26.7. The molecule has 154 valence electrons. The van der Waals surface area contributed by atoms with Gasteiger partial charge in [0, 0.05) is 19.0 Å². The van der Waals surface area contributed by atoms with Crippen molar-refractivity contribution in [2.75, 3.05) is 6.61 Å². The van der Waals surface area contributed by atoms with Crippen LogP contribution in [0, 0.1) is 0 Å². The molecule has 0 radical (unpaired) electrons. The van der Waals surface area contributed by atoms with Gasteiger partial charge in [-0.1, -0.05) is 59.9 Å². The summed E-state index contributed by atoms with van der Waals surface area (Å²) in [5.41, 5.74) is 0.0354. The third kappa shape index (κ3) is 12.2. The van der Waals surface area contributed by atoms with E-state index in [1.807, 2.05) is 24.3 Å². The Morgan fingerprint density at radius 3 is 1.39 bits per heavy atom. The standard InChI is InChI=1S/C8H5BrF2O.C6H4Br2.C4H6F2O2/c9-6-3-1-5(2-4-6)7(12)8(10)11;7-5-1-2-6(8)4-3-5;1-2-8-4(7)3(5)6/h1-4,8H;1-4H;3H,2H2,1H3. The van der Waals surface area contributed by atoms with Crippen LogP contribution in [0.5, 0.6) is 0 Å². The molecule has 0 aliphatic carbocycles. The van der Waals surface area contributed by atoms with E-state index < -0.39 is 24.6 Å². The summed E-state index contributed by atoms with van der Waals surface area (Å²) in [5, 5.41) is 0. The number of carbonyl (C=O) groups excluding carboxylic acids is 2. The number of hydrogen-bond donors (Lipinski definition) is 0. The zero-order valence-corrected chi connectivity index (χ0v) is 19.1. The molecule has 2 aromatic carbocycles. The van der Waals surface area contributed by atoms with E-state index in [9.17, 15) is 27.2 Å². The molecular weight excluding hydrogens is 580 g/mol. The molecule has 0 unspecified atom stereocenters. The van der Waals surface area contributed by atoms with E-state index >= 15 is 0 Å². The van der Waals surface area contributed by atoms with Crippen molar-refractivity contribution in [2.24, 2.45) is 0 Å². The van der Waals surface area contributed by atoms with Gasteiger partial charge in [0.15, 0.2) is 0 Å². The van der Waals surface area contributed by atoms with Crippen LogP contribution in [0.1, 0.15) is 17.3 Å². The molecule has 0 aromatic heterocycles. The highest BCUT2D eigenvalue weighted by Crippen LogP contribution is 2.14. The van der Waals surface area contributed by atoms with E-state index in [1.165, 1.54) is 19.1 Å². The van der Waals surface area contributed by atoms with Crippen LogP contribution in [0.3, 0.4) is 0 Å². The lowest BCUT2D eigenvalue weighted by Crippen LogP contribution is -2.13. The summed E-state index contributed by atoms with van der Waals surface area (Å²) in [4.78, 5) is 20.5. The second-order valence-electron chi connectivity index (χ2n) is 4.66. The van der Waals surface area contributed by atoms with Gasteiger partial charge in [-0.2, -0.15) is 8.78 Å². The largest absolute Gasteiger partial charge is 0.462 e. The minimum Gasteiger partial charge on any atom is -0.462 e. The fourth-order valence-electron chi connectivity index (χ4n) is 1.37. The first-order valence-corrected chi connectivity index (χ1v) is 9.90. The molecule has 0 bridgehead atoms. The Kier molecular flexibility index (Phi) is 14.0. The summed E-state index contributed by atoms with van der Waals surface area (Å²) in [6.07, 6.45) is -5.92. The minimum absolute atomic E-state index is 0.00315. The number of Topliss-reactive ketones (excluding diaryl/α,β-unsaturated/α-hetero) is 1. The Labute approximate surface area is 184 Å². The number of hydrogen-bond acceptors (Lipinski definition) is 3. The van der Waals surface area contributed by atoms with E-state index in [0.29, 0.717) is 0 Å². The van der Waals surface area contributed by atoms with E-state index in [-0.39, 0.29) is 12.2 Å². The Hall–Kier alpha value is -1.26. The third-order valence-corrected chi connectivity index (χ3v) is 4.18. The number of benzene rings is 2. The number of ether oxygens (including phenoxy) is 1. The third-order valence-electron chi connectivity index (χ3n) is 2.60. The molecular formula is C18H15Br3F4O3. The second kappa shape index (κ2) is 14.7. The summed E-state index contributed by atoms with van der Waals surface area (Å²) >= 11 is 9.78. The topological polar surface area (TPSA) is 43.4 Å². The van der Waals surface area contributed by atoms with Gasteiger partial charge >= 0.3 is 18.8 Å². The van der Waals surface area contributed by atoms with Gasteiger partial charge in [-0.05, 0) is 43.3 Å². The first-order chi connectivity index (χ1) is 13.1. The number of alkyl halides is 4. The zero-order chi connectivity index (χ0) is 21.7. The van der Waals surface area contributed by atoms with Crippen molar-refractivity contribution >= 4 is 59.5 Å². The number of rotatable bonds is 4. The van der Waals surface area contributed by atoms with Gasteiger partial charge in [0.05, 0.1) is 6.61 Å². The second-order valence-corrected chi connectivity index (χ2v) is 7.41. The van der Waals surface area contributed by atoms with E-state index in [0.717, 1.165) is 13.4 Å². The fraction of sp³-hybridized carbons (Fsp3) is 0.222. The molecule has 0 atom stereocenters. The highest BCUT2D eigenvalue weighted by molar-refractivity contribution is 9.11. The number of ketones is 1. The summed E-state index contributed by atoms with van der Waals surface area (Å²) in [7, 11) is 0. The lowest BCUT2D eigenvalue weighted by molar-refractivity contribution is -0.155. The molecule has 10 heteroatoms. The van der Waals surface area contributed by atoms with Crippen LogP contribution in [-0.4, -0.2) is 31.2 Å². The molecule has 0 aliphatic heterocycles. The Balaban J connectivity index is 0.000000405. The normalized spacial score (nSPS) is 9.79. The highest BCUT2D eigenvalue weighted by Gasteiger charge is 2.16. The zero-order valence-electron chi connectivity index (χ0n) is 14.4. The molecule has 0 aliphatic rings. The molecule has 0 spiro atoms. The van der Waals surface area contributed by atoms with Crippen molar-refractivity contribution < 1.29 is 31.9 Å². The molecule has 0 heterocycles. The molecule has 2 aromatic rings. The van der Waals surface area contributed by atoms with Crippen LogP contribution in [0.25, 0.3) is 0 Å². The average Bonchev–Trinajstić information content (AvgIpc) is 2.65. The van der Waals surface area contributed by atoms with Crippen molar-refractivity contribution in [1.29, 1.82) is 0 Å². The van der Waals surface area contributed by atoms with E-state index in [1.54, 1.807) is 12.1 Å². The van der Waals surface area contributed by atoms with Crippen LogP contribution in [0.2, 0.25) is 0 Å². The predicted octanol–water partition coefficient (Wildman–Crippen LogP) is 6.92. The molecule has 0 saturated carbocycles. The van der Waals surface area contributed by atoms with Gasteiger partial charge in [0.25, 0.3) is 0 Å². The molecule has 0 fully saturated rings. The number of esters is 1. The van der Waals surface area contributed by atoms with Crippen LogP contribution < -0.4 is 0 Å². The highest BCUT2D eigenvalue weighted by atomic mass is 79.9. The van der Waals surface area contributed by atoms with Crippen molar-refractivity contribution in [1.82, 2.24) is 0 Å². The molecule has 28 heavy (non-hydrogen) atoms. The van der Waals surface area contributed by atoms with Crippen molar-refractivity contribution in [2.45, 2.75) is 19.8 Å². The van der Waals surface area contributed by atoms with Gasteiger partial charge in [0.1, 0.15) is 0 Å².